The van der Waals surface area contributed by atoms with Gasteiger partial charge < -0.3 is 25.2 Å². The number of hydrogen-bond donors (Lipinski definition) is 3. The van der Waals surface area contributed by atoms with Gasteiger partial charge in [-0.3, -0.25) is 9.36 Å². The molecule has 0 atom stereocenters. The van der Waals surface area contributed by atoms with E-state index in [1.54, 1.807) is 32.4 Å². The van der Waals surface area contributed by atoms with Gasteiger partial charge in [-0.1, -0.05) is 23.9 Å². The minimum absolute atomic E-state index is 0.00809. The minimum atomic E-state index is -1.11. The van der Waals surface area contributed by atoms with Crippen LogP contribution in [0.4, 0.5) is 11.4 Å². The number of para-hydroxylation sites is 1. The number of carboxylic acid groups (broad SMARTS) is 1. The van der Waals surface area contributed by atoms with Crippen LogP contribution in [0.25, 0.3) is 5.69 Å². The number of anilines is 2. The third-order valence-electron chi connectivity index (χ3n) is 5.34. The highest BCUT2D eigenvalue weighted by atomic mass is 32.2. The Morgan fingerprint density at radius 3 is 2.22 bits per heavy atom. The van der Waals surface area contributed by atoms with Crippen molar-refractivity contribution in [2.24, 2.45) is 0 Å². The Hall–Kier alpha value is -4.51. The van der Waals surface area contributed by atoms with E-state index in [-0.39, 0.29) is 22.9 Å². The zero-order valence-electron chi connectivity index (χ0n) is 20.2. The molecule has 0 radical (unpaired) electrons. The number of aromatic nitrogens is 3. The maximum absolute atomic E-state index is 12.6. The molecule has 0 spiro atoms. The first-order valence-electron chi connectivity index (χ1n) is 11.2. The molecule has 0 aliphatic carbocycles. The molecule has 4 rings (SSSR count). The summed E-state index contributed by atoms with van der Waals surface area (Å²) in [6.07, 6.45) is 0. The van der Waals surface area contributed by atoms with Crippen LogP contribution in [0.15, 0.2) is 78.0 Å². The zero-order chi connectivity index (χ0) is 26.2. The average Bonchev–Trinajstić information content (AvgIpc) is 3.34. The molecule has 0 saturated carbocycles. The van der Waals surface area contributed by atoms with Crippen molar-refractivity contribution in [2.45, 2.75) is 11.7 Å². The Morgan fingerprint density at radius 2 is 1.57 bits per heavy atom. The van der Waals surface area contributed by atoms with Gasteiger partial charge in [-0.15, -0.1) is 10.2 Å². The van der Waals surface area contributed by atoms with E-state index < -0.39 is 5.97 Å². The summed E-state index contributed by atoms with van der Waals surface area (Å²) < 4.78 is 12.3. The van der Waals surface area contributed by atoms with Crippen molar-refractivity contribution in [1.29, 1.82) is 0 Å². The summed E-state index contributed by atoms with van der Waals surface area (Å²) in [6.45, 7) is 0.379. The summed E-state index contributed by atoms with van der Waals surface area (Å²) in [6, 6.07) is 21.2. The van der Waals surface area contributed by atoms with Crippen LogP contribution in [0, 0.1) is 0 Å². The maximum atomic E-state index is 12.6. The Bertz CT molecular complexity index is 1370. The zero-order valence-corrected chi connectivity index (χ0v) is 21.0. The lowest BCUT2D eigenvalue weighted by Gasteiger charge is -2.12. The Morgan fingerprint density at radius 1 is 0.919 bits per heavy atom. The third kappa shape index (κ3) is 6.39. The fraction of sp³-hybridized carbons (Fsp3) is 0.154. The van der Waals surface area contributed by atoms with Crippen LogP contribution in [0.1, 0.15) is 16.2 Å². The summed E-state index contributed by atoms with van der Waals surface area (Å²) >= 11 is 1.20. The van der Waals surface area contributed by atoms with E-state index in [0.29, 0.717) is 23.3 Å². The van der Waals surface area contributed by atoms with Crippen LogP contribution in [-0.4, -0.2) is 51.7 Å². The molecule has 1 aromatic heterocycles. The predicted molar refractivity (Wildman–Crippen MR) is 141 cm³/mol. The number of carbonyl (C=O) groups is 2. The highest BCUT2D eigenvalue weighted by molar-refractivity contribution is 7.99. The normalized spacial score (nSPS) is 10.5. The second-order valence-corrected chi connectivity index (χ2v) is 8.64. The van der Waals surface area contributed by atoms with Crippen molar-refractivity contribution >= 4 is 35.0 Å². The molecule has 0 aliphatic rings. The van der Waals surface area contributed by atoms with Crippen molar-refractivity contribution in [2.75, 3.05) is 30.6 Å². The molecule has 0 unspecified atom stereocenters. The first-order chi connectivity index (χ1) is 18.0. The predicted octanol–water partition coefficient (Wildman–Crippen LogP) is 4.33. The summed E-state index contributed by atoms with van der Waals surface area (Å²) in [5.41, 5.74) is 1.95. The number of nitrogens with zero attached hydrogens (tertiary/aromatic N) is 3. The molecule has 11 heteroatoms. The van der Waals surface area contributed by atoms with Gasteiger partial charge in [0.05, 0.1) is 37.8 Å². The van der Waals surface area contributed by atoms with Gasteiger partial charge in [0.2, 0.25) is 5.91 Å². The van der Waals surface area contributed by atoms with Crippen LogP contribution < -0.4 is 20.1 Å². The largest absolute Gasteiger partial charge is 0.497 e. The molecule has 3 aromatic carbocycles. The van der Waals surface area contributed by atoms with Crippen molar-refractivity contribution in [3.05, 3.63) is 84.2 Å². The van der Waals surface area contributed by atoms with E-state index in [4.69, 9.17) is 9.47 Å². The molecule has 1 amide bonds. The Kier molecular flexibility index (Phi) is 8.26. The van der Waals surface area contributed by atoms with Gasteiger partial charge in [-0.05, 0) is 60.7 Å². The quantitative estimate of drug-likeness (QED) is 0.248. The highest BCUT2D eigenvalue weighted by Gasteiger charge is 2.17. The second-order valence-electron chi connectivity index (χ2n) is 7.70. The SMILES string of the molecule is COc1ccc(NCc2nnc(SCC(=O)Nc3ccccc3C(=O)O)n2-c2ccc(OC)cc2)cc1. The fourth-order valence-corrected chi connectivity index (χ4v) is 4.25. The van der Waals surface area contributed by atoms with E-state index in [0.717, 1.165) is 17.1 Å². The molecular weight excluding hydrogens is 494 g/mol. The first-order valence-corrected chi connectivity index (χ1v) is 12.2. The topological polar surface area (TPSA) is 128 Å². The first kappa shape index (κ1) is 25.6. The monoisotopic (exact) mass is 519 g/mol. The summed E-state index contributed by atoms with van der Waals surface area (Å²) in [4.78, 5) is 24.1. The number of methoxy groups -OCH3 is 2. The van der Waals surface area contributed by atoms with E-state index in [1.165, 1.54) is 17.8 Å². The molecule has 3 N–H and O–H groups in total. The number of ether oxygens (including phenoxy) is 2. The van der Waals surface area contributed by atoms with Crippen molar-refractivity contribution in [3.8, 4) is 17.2 Å². The Balaban J connectivity index is 1.52. The molecule has 0 fully saturated rings. The number of benzene rings is 3. The van der Waals surface area contributed by atoms with Gasteiger partial charge in [0, 0.05) is 11.4 Å². The number of hydrogen-bond acceptors (Lipinski definition) is 8. The lowest BCUT2D eigenvalue weighted by Crippen LogP contribution is -2.17. The Labute approximate surface area is 217 Å². The van der Waals surface area contributed by atoms with Crippen LogP contribution in [0.2, 0.25) is 0 Å². The van der Waals surface area contributed by atoms with Gasteiger partial charge in [-0.25, -0.2) is 4.79 Å². The molecule has 10 nitrogen and oxygen atoms in total. The number of amides is 1. The van der Waals surface area contributed by atoms with E-state index >= 15 is 0 Å². The molecule has 4 aromatic rings. The van der Waals surface area contributed by atoms with Crippen LogP contribution in [-0.2, 0) is 11.3 Å². The lowest BCUT2D eigenvalue weighted by atomic mass is 10.2. The molecular formula is C26H25N5O5S. The van der Waals surface area contributed by atoms with E-state index in [1.807, 2.05) is 53.1 Å². The van der Waals surface area contributed by atoms with Crippen molar-refractivity contribution < 1.29 is 24.2 Å². The highest BCUT2D eigenvalue weighted by Crippen LogP contribution is 2.25. The molecule has 1 heterocycles. The molecule has 0 aliphatic heterocycles. The second kappa shape index (κ2) is 12.0. The van der Waals surface area contributed by atoms with E-state index in [9.17, 15) is 14.7 Å². The number of aromatic carboxylic acids is 1. The standard InChI is InChI=1S/C26H25N5O5S/c1-35-19-11-7-17(8-12-19)27-15-23-29-30-26(31(23)18-9-13-20(36-2)14-10-18)37-16-24(32)28-22-6-4-3-5-21(22)25(33)34/h3-14,27H,15-16H2,1-2H3,(H,28,32)(H,33,34). The minimum Gasteiger partial charge on any atom is -0.497 e. The van der Waals surface area contributed by atoms with Gasteiger partial charge in [0.15, 0.2) is 11.0 Å². The number of rotatable bonds is 11. The fourth-order valence-electron chi connectivity index (χ4n) is 3.48. The van der Waals surface area contributed by atoms with Crippen molar-refractivity contribution in [1.82, 2.24) is 14.8 Å². The van der Waals surface area contributed by atoms with Crippen LogP contribution in [0.5, 0.6) is 11.5 Å². The average molecular weight is 520 g/mol. The van der Waals surface area contributed by atoms with E-state index in [2.05, 4.69) is 20.8 Å². The maximum Gasteiger partial charge on any atom is 0.337 e. The summed E-state index contributed by atoms with van der Waals surface area (Å²) in [5.74, 6) is 0.641. The van der Waals surface area contributed by atoms with Gasteiger partial charge in [0.1, 0.15) is 11.5 Å². The van der Waals surface area contributed by atoms with Crippen molar-refractivity contribution in [3.63, 3.8) is 0 Å². The third-order valence-corrected chi connectivity index (χ3v) is 6.26. The van der Waals surface area contributed by atoms with Crippen LogP contribution >= 0.6 is 11.8 Å². The van der Waals surface area contributed by atoms with Gasteiger partial charge in [0.25, 0.3) is 0 Å². The molecule has 190 valence electrons. The van der Waals surface area contributed by atoms with Crippen LogP contribution in [0.3, 0.4) is 0 Å². The lowest BCUT2D eigenvalue weighted by molar-refractivity contribution is -0.113. The molecule has 0 saturated heterocycles. The van der Waals surface area contributed by atoms with Gasteiger partial charge >= 0.3 is 5.97 Å². The number of carbonyl (C=O) groups excluding carboxylic acids is 1. The number of nitrogens with one attached hydrogen (secondary N) is 2. The smallest absolute Gasteiger partial charge is 0.337 e. The van der Waals surface area contributed by atoms with Gasteiger partial charge in [-0.2, -0.15) is 0 Å². The summed E-state index contributed by atoms with van der Waals surface area (Å²) in [7, 11) is 3.21. The number of carboxylic acids is 1. The number of thioether (sulfide) groups is 1. The molecule has 37 heavy (non-hydrogen) atoms. The molecule has 0 bridgehead atoms. The summed E-state index contributed by atoms with van der Waals surface area (Å²) in [5, 5.41) is 24.5.